The fourth-order valence-electron chi connectivity index (χ4n) is 2.49. The molecule has 2 fully saturated rings. The van der Waals surface area contributed by atoms with E-state index < -0.39 is 0 Å². The van der Waals surface area contributed by atoms with Crippen LogP contribution in [0.2, 0.25) is 0 Å². The van der Waals surface area contributed by atoms with E-state index in [4.69, 9.17) is 0 Å². The molecular formula is C10H19ClN2O2. The minimum absolute atomic E-state index is 0. The summed E-state index contributed by atoms with van der Waals surface area (Å²) in [5.74, 6) is 1.66. The number of piperidine rings is 1. The summed E-state index contributed by atoms with van der Waals surface area (Å²) in [6.07, 6.45) is 3.50. The van der Waals surface area contributed by atoms with Crippen LogP contribution in [0.3, 0.4) is 0 Å². The molecule has 0 radical (unpaired) electrons. The third-order valence-corrected chi connectivity index (χ3v) is 3.37. The average molecular weight is 235 g/mol. The third-order valence-electron chi connectivity index (χ3n) is 3.37. The number of hydrogen-bond donors (Lipinski definition) is 2. The maximum Gasteiger partial charge on any atom is 0.246 e. The zero-order valence-corrected chi connectivity index (χ0v) is 9.81. The Morgan fingerprint density at radius 3 is 2.67 bits per heavy atom. The first-order valence-electron chi connectivity index (χ1n) is 5.36. The van der Waals surface area contributed by atoms with Crippen LogP contribution in [0.4, 0.5) is 0 Å². The average Bonchev–Trinajstić information content (AvgIpc) is 2.99. The van der Waals surface area contributed by atoms with Gasteiger partial charge in [-0.05, 0) is 44.2 Å². The highest BCUT2D eigenvalue weighted by Crippen LogP contribution is 2.47. The number of nitrogens with one attached hydrogen (secondary N) is 2. The smallest absolute Gasteiger partial charge is 0.246 e. The summed E-state index contributed by atoms with van der Waals surface area (Å²) in [7, 11) is 1.49. The Kier molecular flexibility index (Phi) is 4.83. The molecule has 1 amide bonds. The molecule has 2 aliphatic rings. The van der Waals surface area contributed by atoms with Crippen LogP contribution in [-0.4, -0.2) is 26.1 Å². The van der Waals surface area contributed by atoms with Crippen molar-refractivity contribution in [1.82, 2.24) is 10.8 Å². The highest BCUT2D eigenvalue weighted by atomic mass is 35.5. The Labute approximate surface area is 96.5 Å². The standard InChI is InChI=1S/C10H18N2O2.ClH/c1-14-12-10(13)9-6-8(9)7-2-4-11-5-3-7;/h7-9,11H,2-6H2,1H3,(H,12,13);1H/t8-,9+;/m0./s1. The lowest BCUT2D eigenvalue weighted by molar-refractivity contribution is -0.133. The van der Waals surface area contributed by atoms with Crippen LogP contribution >= 0.6 is 12.4 Å². The van der Waals surface area contributed by atoms with E-state index in [9.17, 15) is 4.79 Å². The molecule has 2 rings (SSSR count). The normalized spacial score (nSPS) is 30.5. The van der Waals surface area contributed by atoms with Crippen LogP contribution in [0.5, 0.6) is 0 Å². The number of halogens is 1. The summed E-state index contributed by atoms with van der Waals surface area (Å²) in [5, 5.41) is 3.34. The Balaban J connectivity index is 0.00000112. The SMILES string of the molecule is CONC(=O)[C@@H]1C[C@H]1C1CCNCC1.Cl. The van der Waals surface area contributed by atoms with Crippen molar-refractivity contribution in [2.45, 2.75) is 19.3 Å². The van der Waals surface area contributed by atoms with Gasteiger partial charge in [-0.2, -0.15) is 0 Å². The van der Waals surface area contributed by atoms with Gasteiger partial charge in [-0.1, -0.05) is 0 Å². The minimum atomic E-state index is 0. The molecule has 88 valence electrons. The van der Waals surface area contributed by atoms with Gasteiger partial charge in [0.2, 0.25) is 5.91 Å². The van der Waals surface area contributed by atoms with Crippen LogP contribution in [0.1, 0.15) is 19.3 Å². The van der Waals surface area contributed by atoms with Crippen molar-refractivity contribution >= 4 is 18.3 Å². The van der Waals surface area contributed by atoms with Gasteiger partial charge in [0.25, 0.3) is 0 Å². The zero-order chi connectivity index (χ0) is 9.97. The molecule has 2 atom stereocenters. The lowest BCUT2D eigenvalue weighted by Crippen LogP contribution is -2.30. The number of hydroxylamine groups is 1. The number of rotatable bonds is 3. The quantitative estimate of drug-likeness (QED) is 0.708. The van der Waals surface area contributed by atoms with Crippen LogP contribution in [0, 0.1) is 17.8 Å². The lowest BCUT2D eigenvalue weighted by atomic mass is 9.92. The molecule has 1 heterocycles. The number of carbonyl (C=O) groups is 1. The summed E-state index contributed by atoms with van der Waals surface area (Å²) in [6, 6.07) is 0. The summed E-state index contributed by atoms with van der Waals surface area (Å²) in [6.45, 7) is 2.22. The second kappa shape index (κ2) is 5.68. The van der Waals surface area contributed by atoms with Gasteiger partial charge in [-0.3, -0.25) is 9.63 Å². The Morgan fingerprint density at radius 2 is 2.07 bits per heavy atom. The molecule has 5 heteroatoms. The molecule has 1 saturated heterocycles. The van der Waals surface area contributed by atoms with Crippen LogP contribution in [0.25, 0.3) is 0 Å². The first kappa shape index (κ1) is 12.7. The Morgan fingerprint density at radius 1 is 1.40 bits per heavy atom. The fourth-order valence-corrected chi connectivity index (χ4v) is 2.49. The minimum Gasteiger partial charge on any atom is -0.317 e. The first-order valence-corrected chi connectivity index (χ1v) is 5.36. The number of hydrogen-bond acceptors (Lipinski definition) is 3. The highest BCUT2D eigenvalue weighted by molar-refractivity contribution is 5.85. The van der Waals surface area contributed by atoms with Crippen molar-refractivity contribution in [2.24, 2.45) is 17.8 Å². The van der Waals surface area contributed by atoms with Crippen molar-refractivity contribution in [3.05, 3.63) is 0 Å². The van der Waals surface area contributed by atoms with E-state index in [0.29, 0.717) is 5.92 Å². The van der Waals surface area contributed by atoms with Gasteiger partial charge in [0.05, 0.1) is 7.11 Å². The first-order chi connectivity index (χ1) is 6.83. The lowest BCUT2D eigenvalue weighted by Gasteiger charge is -2.22. The van der Waals surface area contributed by atoms with E-state index in [1.807, 2.05) is 0 Å². The second-order valence-corrected chi connectivity index (χ2v) is 4.26. The molecule has 1 aliphatic carbocycles. The second-order valence-electron chi connectivity index (χ2n) is 4.26. The summed E-state index contributed by atoms with van der Waals surface area (Å²) >= 11 is 0. The van der Waals surface area contributed by atoms with Gasteiger partial charge in [0.1, 0.15) is 0 Å². The molecule has 0 unspecified atom stereocenters. The largest absolute Gasteiger partial charge is 0.317 e. The van der Waals surface area contributed by atoms with Gasteiger partial charge in [-0.15, -0.1) is 12.4 Å². The van der Waals surface area contributed by atoms with E-state index >= 15 is 0 Å². The van der Waals surface area contributed by atoms with E-state index in [2.05, 4.69) is 15.6 Å². The molecule has 1 aliphatic heterocycles. The van der Waals surface area contributed by atoms with Gasteiger partial charge in [0.15, 0.2) is 0 Å². The van der Waals surface area contributed by atoms with Crippen molar-refractivity contribution in [2.75, 3.05) is 20.2 Å². The van der Waals surface area contributed by atoms with Crippen LogP contribution in [-0.2, 0) is 9.63 Å². The molecule has 2 N–H and O–H groups in total. The van der Waals surface area contributed by atoms with E-state index in [0.717, 1.165) is 25.4 Å². The van der Waals surface area contributed by atoms with Gasteiger partial charge in [0, 0.05) is 5.92 Å². The summed E-state index contributed by atoms with van der Waals surface area (Å²) < 4.78 is 0. The van der Waals surface area contributed by atoms with E-state index in [1.54, 1.807) is 0 Å². The Bertz CT molecular complexity index is 219. The van der Waals surface area contributed by atoms with Gasteiger partial charge in [-0.25, -0.2) is 5.48 Å². The van der Waals surface area contributed by atoms with Crippen molar-refractivity contribution in [3.8, 4) is 0 Å². The molecular weight excluding hydrogens is 216 g/mol. The molecule has 1 saturated carbocycles. The van der Waals surface area contributed by atoms with Gasteiger partial charge >= 0.3 is 0 Å². The van der Waals surface area contributed by atoms with Crippen molar-refractivity contribution < 1.29 is 9.63 Å². The van der Waals surface area contributed by atoms with Crippen LogP contribution in [0.15, 0.2) is 0 Å². The maximum atomic E-state index is 11.4. The van der Waals surface area contributed by atoms with E-state index in [1.165, 1.54) is 20.0 Å². The predicted molar refractivity (Wildman–Crippen MR) is 59.6 cm³/mol. The highest BCUT2D eigenvalue weighted by Gasteiger charge is 2.47. The maximum absolute atomic E-state index is 11.4. The fraction of sp³-hybridized carbons (Fsp3) is 0.900. The molecule has 0 aromatic heterocycles. The predicted octanol–water partition coefficient (Wildman–Crippen LogP) is 0.721. The van der Waals surface area contributed by atoms with E-state index in [-0.39, 0.29) is 24.2 Å². The third kappa shape index (κ3) is 3.06. The summed E-state index contributed by atoms with van der Waals surface area (Å²) in [5.41, 5.74) is 2.42. The number of carbonyl (C=O) groups excluding carboxylic acids is 1. The Hall–Kier alpha value is -0.320. The van der Waals surface area contributed by atoms with Crippen molar-refractivity contribution in [3.63, 3.8) is 0 Å². The van der Waals surface area contributed by atoms with Gasteiger partial charge < -0.3 is 5.32 Å². The molecule has 15 heavy (non-hydrogen) atoms. The molecule has 0 bridgehead atoms. The van der Waals surface area contributed by atoms with Crippen molar-refractivity contribution in [1.29, 1.82) is 0 Å². The molecule has 0 aromatic rings. The monoisotopic (exact) mass is 234 g/mol. The molecule has 0 spiro atoms. The number of amides is 1. The summed E-state index contributed by atoms with van der Waals surface area (Å²) in [4.78, 5) is 16.0. The molecule has 0 aromatic carbocycles. The zero-order valence-electron chi connectivity index (χ0n) is 8.99. The molecule has 4 nitrogen and oxygen atoms in total. The van der Waals surface area contributed by atoms with Crippen LogP contribution < -0.4 is 10.8 Å². The topological polar surface area (TPSA) is 50.4 Å².